The van der Waals surface area contributed by atoms with Crippen LogP contribution in [0.25, 0.3) is 0 Å². The Hall–Kier alpha value is -1.29. The van der Waals surface area contributed by atoms with Crippen LogP contribution in [0.15, 0.2) is 22.8 Å². The Balaban J connectivity index is 1.67. The number of furan rings is 1. The first-order valence-corrected chi connectivity index (χ1v) is 6.41. The molecule has 0 aliphatic carbocycles. The molecule has 0 bridgehead atoms. The fraction of sp³-hybridized carbons (Fsp3) is 0.615. The van der Waals surface area contributed by atoms with Gasteiger partial charge in [0.15, 0.2) is 5.76 Å². The molecular weight excluding hydrogens is 216 g/mol. The lowest BCUT2D eigenvalue weighted by Crippen LogP contribution is -2.53. The van der Waals surface area contributed by atoms with Crippen molar-refractivity contribution in [3.63, 3.8) is 0 Å². The van der Waals surface area contributed by atoms with E-state index < -0.39 is 0 Å². The third kappa shape index (κ3) is 2.09. The largest absolute Gasteiger partial charge is 0.459 e. The second-order valence-electron chi connectivity index (χ2n) is 4.98. The first-order valence-electron chi connectivity index (χ1n) is 6.41. The number of hydrogen-bond acceptors (Lipinski definition) is 3. The first-order chi connectivity index (χ1) is 8.34. The minimum atomic E-state index is 0.0408. The van der Waals surface area contributed by atoms with E-state index in [-0.39, 0.29) is 5.91 Å². The summed E-state index contributed by atoms with van der Waals surface area (Å²) in [5, 5.41) is 3.55. The van der Waals surface area contributed by atoms with Gasteiger partial charge in [-0.05, 0) is 43.9 Å². The number of amides is 1. The van der Waals surface area contributed by atoms with Gasteiger partial charge in [0.1, 0.15) is 0 Å². The van der Waals surface area contributed by atoms with Gasteiger partial charge < -0.3 is 14.6 Å². The van der Waals surface area contributed by atoms with Crippen molar-refractivity contribution in [2.75, 3.05) is 19.6 Å². The van der Waals surface area contributed by atoms with E-state index in [4.69, 9.17) is 4.42 Å². The molecule has 0 saturated carbocycles. The fourth-order valence-corrected chi connectivity index (χ4v) is 2.99. The van der Waals surface area contributed by atoms with Gasteiger partial charge in [-0.1, -0.05) is 0 Å². The number of carbonyl (C=O) groups is 1. The number of piperidine rings is 2. The molecule has 1 aromatic heterocycles. The van der Waals surface area contributed by atoms with Crippen LogP contribution in [0.4, 0.5) is 0 Å². The van der Waals surface area contributed by atoms with E-state index >= 15 is 0 Å². The van der Waals surface area contributed by atoms with Crippen molar-refractivity contribution >= 4 is 5.91 Å². The van der Waals surface area contributed by atoms with Crippen LogP contribution in [-0.4, -0.2) is 36.5 Å². The van der Waals surface area contributed by atoms with E-state index in [1.807, 2.05) is 4.90 Å². The average molecular weight is 234 g/mol. The molecule has 2 fully saturated rings. The molecule has 0 radical (unpaired) electrons. The zero-order valence-corrected chi connectivity index (χ0v) is 9.89. The second-order valence-corrected chi connectivity index (χ2v) is 4.98. The van der Waals surface area contributed by atoms with Crippen LogP contribution in [0, 0.1) is 5.92 Å². The summed E-state index contributed by atoms with van der Waals surface area (Å²) in [6, 6.07) is 4.12. The molecule has 2 saturated heterocycles. The van der Waals surface area contributed by atoms with Gasteiger partial charge in [0.25, 0.3) is 5.91 Å². The van der Waals surface area contributed by atoms with Crippen molar-refractivity contribution in [3.05, 3.63) is 24.2 Å². The van der Waals surface area contributed by atoms with E-state index in [2.05, 4.69) is 5.32 Å². The topological polar surface area (TPSA) is 45.5 Å². The maximum Gasteiger partial charge on any atom is 0.289 e. The van der Waals surface area contributed by atoms with Gasteiger partial charge in [0.2, 0.25) is 0 Å². The van der Waals surface area contributed by atoms with Crippen LogP contribution in [0.1, 0.15) is 29.8 Å². The zero-order chi connectivity index (χ0) is 11.7. The number of nitrogens with zero attached hydrogens (tertiary/aromatic N) is 1. The normalized spacial score (nSPS) is 28.8. The third-order valence-electron chi connectivity index (χ3n) is 3.91. The smallest absolute Gasteiger partial charge is 0.289 e. The molecule has 1 N–H and O–H groups in total. The lowest BCUT2D eigenvalue weighted by Gasteiger charge is -2.41. The number of hydrogen-bond donors (Lipinski definition) is 1. The standard InChI is InChI=1S/C13H18N2O2/c16-13(12-4-2-8-17-12)15-7-5-11-10(9-15)3-1-6-14-11/h2,4,8,10-11,14H,1,3,5-7,9H2/t10-,11+/m0/s1. The molecule has 4 nitrogen and oxygen atoms in total. The Morgan fingerprint density at radius 3 is 3.24 bits per heavy atom. The lowest BCUT2D eigenvalue weighted by molar-refractivity contribution is 0.0562. The van der Waals surface area contributed by atoms with Crippen LogP contribution in [-0.2, 0) is 0 Å². The van der Waals surface area contributed by atoms with Crippen molar-refractivity contribution in [1.29, 1.82) is 0 Å². The number of fused-ring (bicyclic) bond motifs is 1. The summed E-state index contributed by atoms with van der Waals surface area (Å²) in [6.45, 7) is 2.85. The molecule has 2 aliphatic heterocycles. The monoisotopic (exact) mass is 234 g/mol. The van der Waals surface area contributed by atoms with E-state index in [1.54, 1.807) is 18.4 Å². The Kier molecular flexibility index (Phi) is 2.89. The van der Waals surface area contributed by atoms with Gasteiger partial charge in [0.05, 0.1) is 6.26 Å². The van der Waals surface area contributed by atoms with Crippen LogP contribution in [0.5, 0.6) is 0 Å². The highest BCUT2D eigenvalue weighted by Crippen LogP contribution is 2.25. The number of nitrogens with one attached hydrogen (secondary N) is 1. The summed E-state index contributed by atoms with van der Waals surface area (Å²) < 4.78 is 5.18. The summed E-state index contributed by atoms with van der Waals surface area (Å²) in [4.78, 5) is 14.1. The van der Waals surface area contributed by atoms with Crippen molar-refractivity contribution < 1.29 is 9.21 Å². The molecular formula is C13H18N2O2. The SMILES string of the molecule is O=C(c1ccco1)N1CC[C@H]2NCCC[C@H]2C1. The predicted octanol–water partition coefficient (Wildman–Crippen LogP) is 1.49. The van der Waals surface area contributed by atoms with Gasteiger partial charge in [0, 0.05) is 19.1 Å². The number of rotatable bonds is 1. The third-order valence-corrected chi connectivity index (χ3v) is 3.91. The van der Waals surface area contributed by atoms with E-state index in [1.165, 1.54) is 12.8 Å². The van der Waals surface area contributed by atoms with Crippen LogP contribution in [0.2, 0.25) is 0 Å². The molecule has 1 aromatic rings. The van der Waals surface area contributed by atoms with Gasteiger partial charge in [-0.15, -0.1) is 0 Å². The highest BCUT2D eigenvalue weighted by atomic mass is 16.3. The number of carbonyl (C=O) groups excluding carboxylic acids is 1. The maximum absolute atomic E-state index is 12.1. The molecule has 4 heteroatoms. The molecule has 0 spiro atoms. The summed E-state index contributed by atoms with van der Waals surface area (Å²) >= 11 is 0. The van der Waals surface area contributed by atoms with E-state index in [0.29, 0.717) is 17.7 Å². The van der Waals surface area contributed by atoms with Gasteiger partial charge >= 0.3 is 0 Å². The molecule has 92 valence electrons. The Morgan fingerprint density at radius 1 is 1.47 bits per heavy atom. The molecule has 17 heavy (non-hydrogen) atoms. The summed E-state index contributed by atoms with van der Waals surface area (Å²) in [6.07, 6.45) is 5.09. The Labute approximate surface area is 101 Å². The molecule has 2 atom stereocenters. The molecule has 1 amide bonds. The minimum absolute atomic E-state index is 0.0408. The van der Waals surface area contributed by atoms with Crippen molar-refractivity contribution in [3.8, 4) is 0 Å². The minimum Gasteiger partial charge on any atom is -0.459 e. The summed E-state index contributed by atoms with van der Waals surface area (Å²) in [5.74, 6) is 1.13. The first kappa shape index (κ1) is 10.8. The molecule has 0 unspecified atom stereocenters. The van der Waals surface area contributed by atoms with Crippen LogP contribution in [0.3, 0.4) is 0 Å². The summed E-state index contributed by atoms with van der Waals surface area (Å²) in [7, 11) is 0. The molecule has 3 heterocycles. The Morgan fingerprint density at radius 2 is 2.41 bits per heavy atom. The quantitative estimate of drug-likeness (QED) is 0.801. The predicted molar refractivity (Wildman–Crippen MR) is 63.7 cm³/mol. The van der Waals surface area contributed by atoms with Crippen molar-refractivity contribution in [1.82, 2.24) is 10.2 Å². The van der Waals surface area contributed by atoms with Crippen LogP contribution < -0.4 is 5.32 Å². The molecule has 3 rings (SSSR count). The van der Waals surface area contributed by atoms with Gasteiger partial charge in [-0.25, -0.2) is 0 Å². The van der Waals surface area contributed by atoms with Crippen molar-refractivity contribution in [2.24, 2.45) is 5.92 Å². The fourth-order valence-electron chi connectivity index (χ4n) is 2.99. The lowest BCUT2D eigenvalue weighted by atomic mass is 9.85. The van der Waals surface area contributed by atoms with Gasteiger partial charge in [-0.2, -0.15) is 0 Å². The van der Waals surface area contributed by atoms with Crippen LogP contribution >= 0.6 is 0 Å². The van der Waals surface area contributed by atoms with E-state index in [9.17, 15) is 4.79 Å². The molecule has 2 aliphatic rings. The maximum atomic E-state index is 12.1. The highest BCUT2D eigenvalue weighted by molar-refractivity contribution is 5.91. The Bertz CT molecular complexity index is 388. The molecule has 0 aromatic carbocycles. The van der Waals surface area contributed by atoms with Gasteiger partial charge in [-0.3, -0.25) is 4.79 Å². The number of likely N-dealkylation sites (tertiary alicyclic amines) is 1. The zero-order valence-electron chi connectivity index (χ0n) is 9.89. The van der Waals surface area contributed by atoms with Crippen molar-refractivity contribution in [2.45, 2.75) is 25.3 Å². The highest BCUT2D eigenvalue weighted by Gasteiger charge is 2.33. The second kappa shape index (κ2) is 4.53. The summed E-state index contributed by atoms with van der Waals surface area (Å²) in [5.41, 5.74) is 0. The van der Waals surface area contributed by atoms with E-state index in [0.717, 1.165) is 26.1 Å². The average Bonchev–Trinajstić information content (AvgIpc) is 2.91.